The largest absolute Gasteiger partial charge is 0.388 e. The Hall–Kier alpha value is -0.410. The van der Waals surface area contributed by atoms with E-state index in [1.807, 2.05) is 0 Å². The highest BCUT2D eigenvalue weighted by molar-refractivity contribution is 9.10. The van der Waals surface area contributed by atoms with Crippen LogP contribution in [-0.4, -0.2) is 5.11 Å². The molecule has 1 N–H and O–H groups in total. The third kappa shape index (κ3) is 1.61. The summed E-state index contributed by atoms with van der Waals surface area (Å²) in [6, 6.07) is 4.79. The minimum atomic E-state index is -0.618. The van der Waals surface area contributed by atoms with Crippen molar-refractivity contribution >= 4 is 15.9 Å². The molecule has 3 rings (SSSR count). The number of halogens is 2. The van der Waals surface area contributed by atoms with E-state index in [2.05, 4.69) is 15.9 Å². The molecule has 0 saturated heterocycles. The van der Waals surface area contributed by atoms with Crippen molar-refractivity contribution in [1.29, 1.82) is 0 Å². The molecule has 3 unspecified atom stereocenters. The Bertz CT molecular complexity index is 410. The average Bonchev–Trinajstić information content (AvgIpc) is 2.74. The summed E-state index contributed by atoms with van der Waals surface area (Å²) in [5, 5.41) is 10.2. The summed E-state index contributed by atoms with van der Waals surface area (Å²) in [4.78, 5) is 0. The van der Waals surface area contributed by atoms with Gasteiger partial charge in [0.25, 0.3) is 0 Å². The zero-order valence-corrected chi connectivity index (χ0v) is 10.5. The molecule has 1 aromatic rings. The van der Waals surface area contributed by atoms with Crippen LogP contribution in [0.1, 0.15) is 30.9 Å². The van der Waals surface area contributed by atoms with Crippen molar-refractivity contribution < 1.29 is 9.50 Å². The third-order valence-electron chi connectivity index (χ3n) is 4.11. The topological polar surface area (TPSA) is 20.2 Å². The molecule has 0 aliphatic heterocycles. The first-order valence-electron chi connectivity index (χ1n) is 5.81. The SMILES string of the molecule is OC(c1cc(Br)ccc1F)C1C2CCCC21. The molecule has 2 fully saturated rings. The van der Waals surface area contributed by atoms with Gasteiger partial charge in [0.2, 0.25) is 0 Å². The lowest BCUT2D eigenvalue weighted by atomic mass is 9.99. The van der Waals surface area contributed by atoms with Crippen LogP contribution in [0.25, 0.3) is 0 Å². The fourth-order valence-corrected chi connectivity index (χ4v) is 3.67. The summed E-state index contributed by atoms with van der Waals surface area (Å²) in [7, 11) is 0. The molecule has 1 aromatic carbocycles. The highest BCUT2D eigenvalue weighted by atomic mass is 79.9. The molecular formula is C13H14BrFO. The molecule has 2 aliphatic carbocycles. The van der Waals surface area contributed by atoms with E-state index in [1.54, 1.807) is 12.1 Å². The summed E-state index contributed by atoms with van der Waals surface area (Å²) in [6.07, 6.45) is 3.08. The molecule has 3 atom stereocenters. The van der Waals surface area contributed by atoms with Gasteiger partial charge in [-0.2, -0.15) is 0 Å². The van der Waals surface area contributed by atoms with Gasteiger partial charge in [0.15, 0.2) is 0 Å². The van der Waals surface area contributed by atoms with Crippen molar-refractivity contribution in [2.75, 3.05) is 0 Å². The quantitative estimate of drug-likeness (QED) is 0.879. The van der Waals surface area contributed by atoms with E-state index in [1.165, 1.54) is 25.3 Å². The molecular weight excluding hydrogens is 271 g/mol. The van der Waals surface area contributed by atoms with Crippen molar-refractivity contribution in [3.05, 3.63) is 34.1 Å². The average molecular weight is 285 g/mol. The van der Waals surface area contributed by atoms with Crippen LogP contribution in [0.3, 0.4) is 0 Å². The van der Waals surface area contributed by atoms with Crippen molar-refractivity contribution in [2.24, 2.45) is 17.8 Å². The van der Waals surface area contributed by atoms with Gasteiger partial charge in [-0.25, -0.2) is 4.39 Å². The Morgan fingerprint density at radius 3 is 2.69 bits per heavy atom. The molecule has 16 heavy (non-hydrogen) atoms. The zero-order chi connectivity index (χ0) is 11.3. The molecule has 0 aromatic heterocycles. The lowest BCUT2D eigenvalue weighted by molar-refractivity contribution is 0.133. The van der Waals surface area contributed by atoms with Crippen molar-refractivity contribution in [1.82, 2.24) is 0 Å². The molecule has 2 aliphatic rings. The van der Waals surface area contributed by atoms with Gasteiger partial charge in [-0.05, 0) is 48.8 Å². The number of hydrogen-bond acceptors (Lipinski definition) is 1. The van der Waals surface area contributed by atoms with Crippen LogP contribution in [0, 0.1) is 23.6 Å². The number of aliphatic hydroxyl groups excluding tert-OH is 1. The summed E-state index contributed by atoms with van der Waals surface area (Å²) >= 11 is 3.32. The van der Waals surface area contributed by atoms with Crippen LogP contribution in [0.15, 0.2) is 22.7 Å². The van der Waals surface area contributed by atoms with Crippen LogP contribution in [0.5, 0.6) is 0 Å². The van der Waals surface area contributed by atoms with E-state index in [0.29, 0.717) is 23.3 Å². The van der Waals surface area contributed by atoms with Gasteiger partial charge < -0.3 is 5.11 Å². The van der Waals surface area contributed by atoms with Crippen LogP contribution >= 0.6 is 15.9 Å². The van der Waals surface area contributed by atoms with E-state index in [9.17, 15) is 9.50 Å². The number of fused-ring (bicyclic) bond motifs is 1. The van der Waals surface area contributed by atoms with E-state index >= 15 is 0 Å². The monoisotopic (exact) mass is 284 g/mol. The predicted octanol–water partition coefficient (Wildman–Crippen LogP) is 3.67. The first-order valence-corrected chi connectivity index (χ1v) is 6.61. The van der Waals surface area contributed by atoms with Crippen LogP contribution in [-0.2, 0) is 0 Å². The Kier molecular flexibility index (Phi) is 2.55. The Morgan fingerprint density at radius 1 is 1.31 bits per heavy atom. The van der Waals surface area contributed by atoms with Gasteiger partial charge in [-0.1, -0.05) is 22.4 Å². The van der Waals surface area contributed by atoms with Crippen LogP contribution in [0.2, 0.25) is 0 Å². The van der Waals surface area contributed by atoms with E-state index in [-0.39, 0.29) is 5.82 Å². The molecule has 0 radical (unpaired) electrons. The Morgan fingerprint density at radius 2 is 2.00 bits per heavy atom. The second-order valence-electron chi connectivity index (χ2n) is 4.95. The highest BCUT2D eigenvalue weighted by Crippen LogP contribution is 2.62. The molecule has 0 amide bonds. The van der Waals surface area contributed by atoms with Gasteiger partial charge in [-0.3, -0.25) is 0 Å². The molecule has 3 heteroatoms. The molecule has 0 spiro atoms. The zero-order valence-electron chi connectivity index (χ0n) is 8.87. The van der Waals surface area contributed by atoms with Crippen molar-refractivity contribution in [3.8, 4) is 0 Å². The van der Waals surface area contributed by atoms with Crippen molar-refractivity contribution in [3.63, 3.8) is 0 Å². The first kappa shape index (κ1) is 10.7. The maximum atomic E-state index is 13.6. The second kappa shape index (κ2) is 3.81. The maximum Gasteiger partial charge on any atom is 0.129 e. The summed E-state index contributed by atoms with van der Waals surface area (Å²) in [5.74, 6) is 1.31. The van der Waals surface area contributed by atoms with Gasteiger partial charge in [0, 0.05) is 10.0 Å². The third-order valence-corrected chi connectivity index (χ3v) is 4.61. The van der Waals surface area contributed by atoms with E-state index in [0.717, 1.165) is 4.47 Å². The van der Waals surface area contributed by atoms with Gasteiger partial charge >= 0.3 is 0 Å². The molecule has 2 saturated carbocycles. The lowest BCUT2D eigenvalue weighted by Crippen LogP contribution is -2.06. The Labute approximate surface area is 103 Å². The number of benzene rings is 1. The molecule has 0 bridgehead atoms. The smallest absolute Gasteiger partial charge is 0.129 e. The number of rotatable bonds is 2. The standard InChI is InChI=1S/C13H14BrFO/c14-7-4-5-11(15)10(6-7)13(16)12-8-2-1-3-9(8)12/h4-6,8-9,12-13,16H,1-3H2. The van der Waals surface area contributed by atoms with Gasteiger partial charge in [0.05, 0.1) is 6.10 Å². The molecule has 1 nitrogen and oxygen atoms in total. The van der Waals surface area contributed by atoms with Gasteiger partial charge in [0.1, 0.15) is 5.82 Å². The van der Waals surface area contributed by atoms with Crippen LogP contribution < -0.4 is 0 Å². The summed E-state index contributed by atoms with van der Waals surface area (Å²) in [6.45, 7) is 0. The molecule has 86 valence electrons. The first-order chi connectivity index (χ1) is 7.68. The second-order valence-corrected chi connectivity index (χ2v) is 5.86. The Balaban J connectivity index is 1.84. The van der Waals surface area contributed by atoms with Gasteiger partial charge in [-0.15, -0.1) is 0 Å². The highest BCUT2D eigenvalue weighted by Gasteiger charge is 2.56. The maximum absolute atomic E-state index is 13.6. The van der Waals surface area contributed by atoms with E-state index < -0.39 is 6.10 Å². The summed E-state index contributed by atoms with van der Waals surface area (Å²) in [5.41, 5.74) is 0.453. The number of hydrogen-bond donors (Lipinski definition) is 1. The fourth-order valence-electron chi connectivity index (χ4n) is 3.29. The van der Waals surface area contributed by atoms with E-state index in [4.69, 9.17) is 0 Å². The minimum Gasteiger partial charge on any atom is -0.388 e. The lowest BCUT2D eigenvalue weighted by Gasteiger charge is -2.14. The molecule has 0 heterocycles. The van der Waals surface area contributed by atoms with Crippen molar-refractivity contribution in [2.45, 2.75) is 25.4 Å². The number of aliphatic hydroxyl groups is 1. The fraction of sp³-hybridized carbons (Fsp3) is 0.538. The predicted molar refractivity (Wildman–Crippen MR) is 63.4 cm³/mol. The van der Waals surface area contributed by atoms with Crippen LogP contribution in [0.4, 0.5) is 4.39 Å². The normalized spacial score (nSPS) is 33.6. The summed E-state index contributed by atoms with van der Waals surface area (Å²) < 4.78 is 14.4. The minimum absolute atomic E-state index is 0.291.